The lowest BCUT2D eigenvalue weighted by atomic mass is 10.1. The summed E-state index contributed by atoms with van der Waals surface area (Å²) >= 11 is 0. The van der Waals surface area contributed by atoms with Crippen LogP contribution in [0, 0.1) is 0 Å². The maximum absolute atomic E-state index is 11.3. The van der Waals surface area contributed by atoms with Crippen molar-refractivity contribution in [3.05, 3.63) is 0 Å². The van der Waals surface area contributed by atoms with Crippen molar-refractivity contribution < 1.29 is 4.79 Å². The van der Waals surface area contributed by atoms with Gasteiger partial charge in [-0.15, -0.1) is 24.8 Å². The Bertz CT molecular complexity index is 190. The summed E-state index contributed by atoms with van der Waals surface area (Å²) in [5, 5.41) is 2.95. The second-order valence-corrected chi connectivity index (χ2v) is 4.18. The number of nitrogens with one attached hydrogen (secondary N) is 1. The quantitative estimate of drug-likeness (QED) is 0.683. The van der Waals surface area contributed by atoms with Gasteiger partial charge in [-0.3, -0.25) is 4.79 Å². The van der Waals surface area contributed by atoms with Crippen molar-refractivity contribution in [2.24, 2.45) is 5.73 Å². The molecule has 6 heteroatoms. The van der Waals surface area contributed by atoms with E-state index in [9.17, 15) is 4.79 Å². The molecule has 0 heterocycles. The van der Waals surface area contributed by atoms with Crippen LogP contribution < -0.4 is 11.1 Å². The molecule has 0 fully saturated rings. The summed E-state index contributed by atoms with van der Waals surface area (Å²) in [5.41, 5.74) is 5.31. The second kappa shape index (κ2) is 15.0. The lowest BCUT2D eigenvalue weighted by molar-refractivity contribution is -0.121. The first-order valence-corrected chi connectivity index (χ1v) is 6.35. The Morgan fingerprint density at radius 3 is 2.28 bits per heavy atom. The summed E-state index contributed by atoms with van der Waals surface area (Å²) in [6.07, 6.45) is 2.60. The van der Waals surface area contributed by atoms with Crippen LogP contribution in [-0.2, 0) is 4.79 Å². The number of halogens is 2. The molecule has 4 nitrogen and oxygen atoms in total. The number of hydrogen-bond acceptors (Lipinski definition) is 3. The predicted molar refractivity (Wildman–Crippen MR) is 82.8 cm³/mol. The van der Waals surface area contributed by atoms with Gasteiger partial charge in [-0.05, 0) is 39.4 Å². The lowest BCUT2D eigenvalue weighted by Gasteiger charge is -2.19. The van der Waals surface area contributed by atoms with Crippen molar-refractivity contribution in [2.75, 3.05) is 26.2 Å². The molecular weight excluding hydrogens is 273 g/mol. The molecule has 0 saturated carbocycles. The molecule has 0 bridgehead atoms. The number of carbonyl (C=O) groups excluding carboxylic acids is 1. The molecule has 0 aliphatic heterocycles. The topological polar surface area (TPSA) is 58.4 Å². The fraction of sp³-hybridized carbons (Fsp3) is 0.917. The van der Waals surface area contributed by atoms with Crippen molar-refractivity contribution >= 4 is 30.7 Å². The van der Waals surface area contributed by atoms with Crippen LogP contribution in [0.25, 0.3) is 0 Å². The minimum Gasteiger partial charge on any atom is -0.354 e. The van der Waals surface area contributed by atoms with Crippen molar-refractivity contribution in [3.63, 3.8) is 0 Å². The summed E-state index contributed by atoms with van der Waals surface area (Å²) in [5.74, 6) is 0.0674. The number of amides is 1. The first kappa shape index (κ1) is 23.1. The molecule has 18 heavy (non-hydrogen) atoms. The van der Waals surface area contributed by atoms with Crippen molar-refractivity contribution in [1.82, 2.24) is 10.2 Å². The average molecular weight is 302 g/mol. The minimum atomic E-state index is 0. The van der Waals surface area contributed by atoms with E-state index in [2.05, 4.69) is 31.0 Å². The Kier molecular flexibility index (Phi) is 19.3. The molecule has 1 unspecified atom stereocenters. The first-order chi connectivity index (χ1) is 7.63. The van der Waals surface area contributed by atoms with Crippen LogP contribution in [0.2, 0.25) is 0 Å². The van der Waals surface area contributed by atoms with E-state index in [0.29, 0.717) is 13.0 Å². The van der Waals surface area contributed by atoms with Gasteiger partial charge in [0.25, 0.3) is 0 Å². The monoisotopic (exact) mass is 301 g/mol. The van der Waals surface area contributed by atoms with E-state index in [1.165, 1.54) is 0 Å². The third kappa shape index (κ3) is 12.4. The largest absolute Gasteiger partial charge is 0.354 e. The van der Waals surface area contributed by atoms with Crippen LogP contribution in [0.4, 0.5) is 0 Å². The standard InChI is InChI=1S/C12H27N3O.2ClH/c1-4-15(5-2)10-6-7-11(3)14-12(16)8-9-13;;/h11H,4-10,13H2,1-3H3,(H,14,16);2*1H. The van der Waals surface area contributed by atoms with Gasteiger partial charge in [0.2, 0.25) is 5.91 Å². The summed E-state index contributed by atoms with van der Waals surface area (Å²) in [7, 11) is 0. The normalized spacial score (nSPS) is 11.4. The SMILES string of the molecule is CCN(CC)CCCC(C)NC(=O)CCN.Cl.Cl. The zero-order valence-electron chi connectivity index (χ0n) is 11.8. The summed E-state index contributed by atoms with van der Waals surface area (Å²) in [6, 6.07) is 0.259. The van der Waals surface area contributed by atoms with Crippen molar-refractivity contribution in [1.29, 1.82) is 0 Å². The number of rotatable bonds is 9. The zero-order valence-corrected chi connectivity index (χ0v) is 13.4. The van der Waals surface area contributed by atoms with Crippen LogP contribution in [-0.4, -0.2) is 43.0 Å². The van der Waals surface area contributed by atoms with Crippen LogP contribution in [0.3, 0.4) is 0 Å². The van der Waals surface area contributed by atoms with E-state index in [0.717, 1.165) is 32.5 Å². The number of carbonyl (C=O) groups is 1. The molecule has 0 aromatic carbocycles. The fourth-order valence-electron chi connectivity index (χ4n) is 1.71. The van der Waals surface area contributed by atoms with E-state index >= 15 is 0 Å². The Morgan fingerprint density at radius 1 is 1.28 bits per heavy atom. The predicted octanol–water partition coefficient (Wildman–Crippen LogP) is 1.81. The highest BCUT2D eigenvalue weighted by Crippen LogP contribution is 1.99. The van der Waals surface area contributed by atoms with Gasteiger partial charge in [-0.25, -0.2) is 0 Å². The highest BCUT2D eigenvalue weighted by Gasteiger charge is 2.06. The van der Waals surface area contributed by atoms with E-state index in [1.807, 2.05) is 0 Å². The van der Waals surface area contributed by atoms with Gasteiger partial charge in [0.15, 0.2) is 0 Å². The molecule has 0 rings (SSSR count). The Balaban J connectivity index is -0.00000112. The summed E-state index contributed by atoms with van der Waals surface area (Å²) < 4.78 is 0. The summed E-state index contributed by atoms with van der Waals surface area (Å²) in [4.78, 5) is 13.7. The van der Waals surface area contributed by atoms with Gasteiger partial charge >= 0.3 is 0 Å². The molecule has 0 spiro atoms. The van der Waals surface area contributed by atoms with E-state index in [4.69, 9.17) is 5.73 Å². The first-order valence-electron chi connectivity index (χ1n) is 6.35. The lowest BCUT2D eigenvalue weighted by Crippen LogP contribution is -2.34. The maximum atomic E-state index is 11.3. The molecule has 112 valence electrons. The number of hydrogen-bond donors (Lipinski definition) is 2. The molecule has 0 aromatic rings. The molecule has 0 aliphatic rings. The van der Waals surface area contributed by atoms with Crippen molar-refractivity contribution in [3.8, 4) is 0 Å². The molecule has 0 radical (unpaired) electrons. The smallest absolute Gasteiger partial charge is 0.221 e. The number of nitrogens with zero attached hydrogens (tertiary/aromatic N) is 1. The van der Waals surface area contributed by atoms with Crippen LogP contribution in [0.5, 0.6) is 0 Å². The van der Waals surface area contributed by atoms with Crippen LogP contribution in [0.1, 0.15) is 40.0 Å². The summed E-state index contributed by atoms with van der Waals surface area (Å²) in [6.45, 7) is 10.2. The van der Waals surface area contributed by atoms with Gasteiger partial charge in [0.1, 0.15) is 0 Å². The van der Waals surface area contributed by atoms with E-state index < -0.39 is 0 Å². The third-order valence-corrected chi connectivity index (χ3v) is 2.78. The molecule has 0 aliphatic carbocycles. The van der Waals surface area contributed by atoms with Gasteiger partial charge < -0.3 is 16.0 Å². The number of nitrogens with two attached hydrogens (primary N) is 1. The van der Waals surface area contributed by atoms with Gasteiger partial charge in [-0.1, -0.05) is 13.8 Å². The average Bonchev–Trinajstić information content (AvgIpc) is 2.24. The van der Waals surface area contributed by atoms with E-state index in [-0.39, 0.29) is 36.8 Å². The molecule has 3 N–H and O–H groups in total. The van der Waals surface area contributed by atoms with Gasteiger partial charge in [-0.2, -0.15) is 0 Å². The van der Waals surface area contributed by atoms with E-state index in [1.54, 1.807) is 0 Å². The van der Waals surface area contributed by atoms with Gasteiger partial charge in [0, 0.05) is 19.0 Å². The van der Waals surface area contributed by atoms with Crippen LogP contribution in [0.15, 0.2) is 0 Å². The highest BCUT2D eigenvalue weighted by molar-refractivity contribution is 5.85. The Labute approximate surface area is 124 Å². The van der Waals surface area contributed by atoms with Crippen LogP contribution >= 0.6 is 24.8 Å². The highest BCUT2D eigenvalue weighted by atomic mass is 35.5. The second-order valence-electron chi connectivity index (χ2n) is 4.18. The minimum absolute atomic E-state index is 0. The van der Waals surface area contributed by atoms with Gasteiger partial charge in [0.05, 0.1) is 0 Å². The fourth-order valence-corrected chi connectivity index (χ4v) is 1.71. The zero-order chi connectivity index (χ0) is 12.4. The molecule has 1 amide bonds. The molecule has 0 aromatic heterocycles. The molecular formula is C12H29Cl2N3O. The maximum Gasteiger partial charge on any atom is 0.221 e. The molecule has 1 atom stereocenters. The molecule has 0 saturated heterocycles. The Hall–Kier alpha value is -0.0300. The Morgan fingerprint density at radius 2 is 1.83 bits per heavy atom. The van der Waals surface area contributed by atoms with Crippen molar-refractivity contribution in [2.45, 2.75) is 46.1 Å². The third-order valence-electron chi connectivity index (χ3n) is 2.78.